The van der Waals surface area contributed by atoms with Crippen LogP contribution in [0.2, 0.25) is 10.3 Å². The molecule has 0 saturated carbocycles. The molecule has 2 aromatic heterocycles. The molecule has 0 unspecified atom stereocenters. The summed E-state index contributed by atoms with van der Waals surface area (Å²) in [7, 11) is 1.73. The van der Waals surface area contributed by atoms with E-state index in [-0.39, 0.29) is 10.3 Å². The van der Waals surface area contributed by atoms with Crippen LogP contribution in [-0.4, -0.2) is 30.4 Å². The molecule has 15 heavy (non-hydrogen) atoms. The molecule has 2 rings (SSSR count). The van der Waals surface area contributed by atoms with E-state index in [0.29, 0.717) is 10.1 Å². The third kappa shape index (κ3) is 2.36. The number of aromatic nitrogens is 6. The molecule has 0 aliphatic heterocycles. The van der Waals surface area contributed by atoms with E-state index in [1.165, 1.54) is 16.4 Å². The van der Waals surface area contributed by atoms with Gasteiger partial charge in [0.25, 0.3) is 0 Å². The quantitative estimate of drug-likeness (QED) is 0.816. The van der Waals surface area contributed by atoms with E-state index in [0.717, 1.165) is 0 Å². The van der Waals surface area contributed by atoms with E-state index in [2.05, 4.69) is 25.7 Å². The summed E-state index contributed by atoms with van der Waals surface area (Å²) in [5.41, 5.74) is 0. The lowest BCUT2D eigenvalue weighted by atomic mass is 10.6. The molecule has 78 valence electrons. The minimum absolute atomic E-state index is 0.271. The Balaban J connectivity index is 2.32. The molecule has 0 aliphatic rings. The zero-order chi connectivity index (χ0) is 10.8. The molecule has 6 nitrogen and oxygen atoms in total. The van der Waals surface area contributed by atoms with Crippen LogP contribution in [0.4, 0.5) is 0 Å². The number of hydrogen-bond donors (Lipinski definition) is 0. The molecule has 0 amide bonds. The van der Waals surface area contributed by atoms with Gasteiger partial charge in [0.15, 0.2) is 10.3 Å². The van der Waals surface area contributed by atoms with E-state index in [1.54, 1.807) is 13.1 Å². The largest absolute Gasteiger partial charge is 0.223 e. The van der Waals surface area contributed by atoms with Gasteiger partial charge in [-0.25, -0.2) is 4.68 Å². The zero-order valence-corrected chi connectivity index (χ0v) is 9.75. The molecule has 0 bridgehead atoms. The van der Waals surface area contributed by atoms with E-state index >= 15 is 0 Å². The molecule has 0 spiro atoms. The van der Waals surface area contributed by atoms with Crippen molar-refractivity contribution in [1.29, 1.82) is 0 Å². The van der Waals surface area contributed by atoms with E-state index in [4.69, 9.17) is 23.2 Å². The molecule has 0 atom stereocenters. The Bertz CT molecular complexity index is 486. The van der Waals surface area contributed by atoms with Gasteiger partial charge in [-0.15, -0.1) is 15.3 Å². The summed E-state index contributed by atoms with van der Waals surface area (Å²) in [6.45, 7) is 0. The summed E-state index contributed by atoms with van der Waals surface area (Å²) in [6, 6.07) is 1.61. The fraction of sp³-hybridized carbons (Fsp3) is 0.167. The molecule has 9 heteroatoms. The first-order valence-electron chi connectivity index (χ1n) is 3.76. The van der Waals surface area contributed by atoms with Crippen LogP contribution < -0.4 is 0 Å². The summed E-state index contributed by atoms with van der Waals surface area (Å²) >= 11 is 12.8. The van der Waals surface area contributed by atoms with Crippen molar-refractivity contribution in [3.05, 3.63) is 16.4 Å². The van der Waals surface area contributed by atoms with Crippen LogP contribution in [0.1, 0.15) is 0 Å². The Hall–Kier alpha value is -0.920. The molecule has 0 aromatic carbocycles. The monoisotopic (exact) mass is 262 g/mol. The second kappa shape index (κ2) is 4.30. The van der Waals surface area contributed by atoms with Crippen LogP contribution in [0, 0.1) is 0 Å². The molecule has 0 aliphatic carbocycles. The highest BCUT2D eigenvalue weighted by Gasteiger charge is 2.10. The van der Waals surface area contributed by atoms with Gasteiger partial charge in [0, 0.05) is 7.05 Å². The van der Waals surface area contributed by atoms with Crippen LogP contribution >= 0.6 is 35.0 Å². The number of halogens is 2. The minimum atomic E-state index is 0.271. The smallest absolute Gasteiger partial charge is 0.213 e. The van der Waals surface area contributed by atoms with Gasteiger partial charge in [-0.2, -0.15) is 0 Å². The normalized spacial score (nSPS) is 10.6. The third-order valence-electron chi connectivity index (χ3n) is 1.47. The van der Waals surface area contributed by atoms with Gasteiger partial charge in [-0.1, -0.05) is 23.2 Å². The number of hydrogen-bond acceptors (Lipinski definition) is 6. The number of aryl methyl sites for hydroxylation is 1. The SMILES string of the molecule is Cn1nnnc1Sc1cc(Cl)nnc1Cl. The van der Waals surface area contributed by atoms with Crippen LogP contribution in [0.3, 0.4) is 0 Å². The van der Waals surface area contributed by atoms with Crippen molar-refractivity contribution in [2.24, 2.45) is 7.05 Å². The van der Waals surface area contributed by atoms with Crippen LogP contribution in [-0.2, 0) is 7.05 Å². The van der Waals surface area contributed by atoms with Crippen molar-refractivity contribution < 1.29 is 0 Å². The van der Waals surface area contributed by atoms with E-state index in [9.17, 15) is 0 Å². The van der Waals surface area contributed by atoms with Gasteiger partial charge < -0.3 is 0 Å². The summed E-state index contributed by atoms with van der Waals surface area (Å²) in [4.78, 5) is 0.662. The van der Waals surface area contributed by atoms with Gasteiger partial charge >= 0.3 is 0 Å². The fourth-order valence-electron chi connectivity index (χ4n) is 0.815. The molecular formula is C6H4Cl2N6S. The lowest BCUT2D eigenvalue weighted by Crippen LogP contribution is -1.93. The topological polar surface area (TPSA) is 69.4 Å². The maximum absolute atomic E-state index is 5.83. The minimum Gasteiger partial charge on any atom is -0.223 e. The first-order chi connectivity index (χ1) is 7.16. The fourth-order valence-corrected chi connectivity index (χ4v) is 1.97. The molecule has 2 heterocycles. The predicted molar refractivity (Wildman–Crippen MR) is 55.0 cm³/mol. The van der Waals surface area contributed by atoms with Crippen molar-refractivity contribution in [1.82, 2.24) is 30.4 Å². The third-order valence-corrected chi connectivity index (χ3v) is 3.10. The van der Waals surface area contributed by atoms with Gasteiger partial charge in [0.1, 0.15) is 0 Å². The Morgan fingerprint density at radius 1 is 1.27 bits per heavy atom. The summed E-state index contributed by atoms with van der Waals surface area (Å²) in [5, 5.41) is 19.4. The average Bonchev–Trinajstić information content (AvgIpc) is 2.58. The molecule has 0 N–H and O–H groups in total. The summed E-state index contributed by atoms with van der Waals surface area (Å²) in [6.07, 6.45) is 0. The van der Waals surface area contributed by atoms with E-state index < -0.39 is 0 Å². The van der Waals surface area contributed by atoms with Crippen LogP contribution in [0.15, 0.2) is 16.1 Å². The van der Waals surface area contributed by atoms with Gasteiger partial charge in [0.05, 0.1) is 4.90 Å². The number of nitrogens with zero attached hydrogens (tertiary/aromatic N) is 6. The number of tetrazole rings is 1. The highest BCUT2D eigenvalue weighted by molar-refractivity contribution is 7.99. The standard InChI is InChI=1S/C6H4Cl2N6S/c1-14-6(11-12-13-14)15-3-2-4(7)9-10-5(3)8/h2H,1H3. The van der Waals surface area contributed by atoms with E-state index in [1.807, 2.05) is 0 Å². The zero-order valence-electron chi connectivity index (χ0n) is 7.42. The van der Waals surface area contributed by atoms with Gasteiger partial charge in [0.2, 0.25) is 5.16 Å². The van der Waals surface area contributed by atoms with Crippen molar-refractivity contribution in [3.63, 3.8) is 0 Å². The maximum atomic E-state index is 5.83. The highest BCUT2D eigenvalue weighted by Crippen LogP contribution is 2.30. The Morgan fingerprint density at radius 2 is 2.07 bits per heavy atom. The van der Waals surface area contributed by atoms with Crippen molar-refractivity contribution in [2.75, 3.05) is 0 Å². The lowest BCUT2D eigenvalue weighted by Gasteiger charge is -2.00. The first-order valence-corrected chi connectivity index (χ1v) is 5.33. The highest BCUT2D eigenvalue weighted by atomic mass is 35.5. The van der Waals surface area contributed by atoms with Gasteiger partial charge in [-0.05, 0) is 28.3 Å². The lowest BCUT2D eigenvalue weighted by molar-refractivity contribution is 0.664. The molecule has 0 fully saturated rings. The van der Waals surface area contributed by atoms with Crippen molar-refractivity contribution in [3.8, 4) is 0 Å². The second-order valence-electron chi connectivity index (χ2n) is 2.51. The maximum Gasteiger partial charge on any atom is 0.213 e. The molecule has 0 saturated heterocycles. The van der Waals surface area contributed by atoms with Crippen molar-refractivity contribution >= 4 is 35.0 Å². The first kappa shape index (κ1) is 10.6. The summed E-state index contributed by atoms with van der Waals surface area (Å²) < 4.78 is 1.52. The molecule has 0 radical (unpaired) electrons. The molecule has 2 aromatic rings. The number of rotatable bonds is 2. The average molecular weight is 263 g/mol. The van der Waals surface area contributed by atoms with Crippen LogP contribution in [0.5, 0.6) is 0 Å². The van der Waals surface area contributed by atoms with Gasteiger partial charge in [-0.3, -0.25) is 0 Å². The Labute approximate surface area is 99.0 Å². The van der Waals surface area contributed by atoms with Crippen LogP contribution in [0.25, 0.3) is 0 Å². The Kier molecular flexibility index (Phi) is 3.03. The second-order valence-corrected chi connectivity index (χ2v) is 4.26. The summed E-state index contributed by atoms with van der Waals surface area (Å²) in [5.74, 6) is 0. The predicted octanol–water partition coefficient (Wildman–Crippen LogP) is 1.46. The molecular weight excluding hydrogens is 259 g/mol. The van der Waals surface area contributed by atoms with Crippen molar-refractivity contribution in [2.45, 2.75) is 10.1 Å². The Morgan fingerprint density at radius 3 is 2.73 bits per heavy atom.